The molecular weight excluding hydrogens is 594 g/mol. The molecule has 2 amide bonds. The van der Waals surface area contributed by atoms with Crippen molar-refractivity contribution in [2.45, 2.75) is 44.8 Å². The molecule has 0 bridgehead atoms. The van der Waals surface area contributed by atoms with Crippen molar-refractivity contribution in [3.8, 4) is 33.8 Å². The summed E-state index contributed by atoms with van der Waals surface area (Å²) in [5.74, 6) is 0.219. The van der Waals surface area contributed by atoms with Gasteiger partial charge in [-0.05, 0) is 89.0 Å². The average Bonchev–Trinajstić information content (AvgIpc) is 3.50. The summed E-state index contributed by atoms with van der Waals surface area (Å²) in [6.45, 7) is 2.32. The minimum Gasteiger partial charge on any atom is -0.457 e. The van der Waals surface area contributed by atoms with Crippen LogP contribution in [-0.2, 0) is 17.8 Å². The Morgan fingerprint density at radius 3 is 2.48 bits per heavy atom. The van der Waals surface area contributed by atoms with Crippen LogP contribution in [0.25, 0.3) is 22.3 Å². The molecule has 0 heterocycles. The third-order valence-corrected chi connectivity index (χ3v) is 8.70. The van der Waals surface area contributed by atoms with Gasteiger partial charge in [0.2, 0.25) is 5.91 Å². The molecule has 0 fully saturated rings. The maximum absolute atomic E-state index is 13.9. The van der Waals surface area contributed by atoms with Crippen LogP contribution in [0.2, 0.25) is 5.02 Å². The third kappa shape index (κ3) is 6.90. The van der Waals surface area contributed by atoms with Crippen molar-refractivity contribution in [1.82, 2.24) is 10.6 Å². The molecule has 1 aliphatic rings. The van der Waals surface area contributed by atoms with E-state index in [1.54, 1.807) is 18.2 Å². The molecule has 4 N–H and O–H groups in total. The second-order valence-corrected chi connectivity index (χ2v) is 11.9. The Morgan fingerprint density at radius 2 is 1.67 bits per heavy atom. The van der Waals surface area contributed by atoms with Crippen LogP contribution in [0, 0.1) is 0 Å². The van der Waals surface area contributed by atoms with Crippen molar-refractivity contribution in [2.24, 2.45) is 5.73 Å². The van der Waals surface area contributed by atoms with E-state index in [1.807, 2.05) is 91.9 Å². The molecule has 0 aromatic heterocycles. The predicted molar refractivity (Wildman–Crippen MR) is 184 cm³/mol. The number of hydrogen-bond acceptors (Lipinski definition) is 5. The summed E-state index contributed by atoms with van der Waals surface area (Å²) < 4.78 is 6.36. The van der Waals surface area contributed by atoms with Gasteiger partial charge in [-0.3, -0.25) is 20.2 Å². The molecular formula is C39H36ClN3O3. The van der Waals surface area contributed by atoms with Gasteiger partial charge in [-0.25, -0.2) is 0 Å². The molecule has 5 aromatic rings. The number of nitrogens with one attached hydrogen (secondary N) is 2. The van der Waals surface area contributed by atoms with E-state index in [0.717, 1.165) is 29.5 Å². The smallest absolute Gasteiger partial charge is 0.258 e. The first-order valence-corrected chi connectivity index (χ1v) is 16.0. The fraction of sp³-hybridized carbons (Fsp3) is 0.179. The second-order valence-electron chi connectivity index (χ2n) is 11.5. The van der Waals surface area contributed by atoms with Gasteiger partial charge in [-0.2, -0.15) is 0 Å². The molecule has 1 aliphatic carbocycles. The van der Waals surface area contributed by atoms with E-state index in [4.69, 9.17) is 22.1 Å². The Morgan fingerprint density at radius 1 is 0.870 bits per heavy atom. The molecule has 1 unspecified atom stereocenters. The monoisotopic (exact) mass is 629 g/mol. The first-order valence-electron chi connectivity index (χ1n) is 15.6. The lowest BCUT2D eigenvalue weighted by Crippen LogP contribution is -2.47. The molecule has 0 spiro atoms. The lowest BCUT2D eigenvalue weighted by Gasteiger charge is -2.22. The number of aryl methyl sites for hydroxylation is 1. The standard InChI is InChI=1S/C39H36ClN3O3/c1-2-35(42-36-20-16-27-12-6-7-14-31(27)36)39(45)43-38(44)33-18-15-28(26-10-4-3-5-11-26)22-34(33)32-19-17-29(40)23-37(32)46-30-13-8-9-25(21-30)24-41/h3-15,17-19,21-23,35-36,42H,2,16,20,24,41H2,1H3,(H,43,44,45)/t35?,36-/m0/s1. The summed E-state index contributed by atoms with van der Waals surface area (Å²) in [6.07, 6.45) is 2.41. The lowest BCUT2D eigenvalue weighted by molar-refractivity contribution is -0.122. The number of halogens is 1. The number of amides is 2. The number of nitrogens with two attached hydrogens (primary N) is 1. The molecule has 5 aromatic carbocycles. The van der Waals surface area contributed by atoms with Gasteiger partial charge in [0.05, 0.1) is 6.04 Å². The second kappa shape index (κ2) is 14.1. The predicted octanol–water partition coefficient (Wildman–Crippen LogP) is 8.24. The summed E-state index contributed by atoms with van der Waals surface area (Å²) in [6, 6.07) is 36.2. The third-order valence-electron chi connectivity index (χ3n) is 8.46. The molecule has 0 radical (unpaired) electrons. The maximum atomic E-state index is 13.9. The van der Waals surface area contributed by atoms with Crippen molar-refractivity contribution in [1.29, 1.82) is 0 Å². The molecule has 0 aliphatic heterocycles. The first kappa shape index (κ1) is 31.2. The summed E-state index contributed by atoms with van der Waals surface area (Å²) >= 11 is 6.45. The molecule has 232 valence electrons. The van der Waals surface area contributed by atoms with Gasteiger partial charge in [0.15, 0.2) is 0 Å². The van der Waals surface area contributed by atoms with Gasteiger partial charge < -0.3 is 10.5 Å². The van der Waals surface area contributed by atoms with Crippen LogP contribution in [0.1, 0.15) is 52.9 Å². The van der Waals surface area contributed by atoms with Gasteiger partial charge in [0.1, 0.15) is 11.5 Å². The molecule has 0 saturated carbocycles. The van der Waals surface area contributed by atoms with Crippen LogP contribution >= 0.6 is 11.6 Å². The number of ether oxygens (including phenoxy) is 1. The number of carbonyl (C=O) groups is 2. The summed E-state index contributed by atoms with van der Waals surface area (Å²) in [4.78, 5) is 27.5. The highest BCUT2D eigenvalue weighted by molar-refractivity contribution is 6.30. The quantitative estimate of drug-likeness (QED) is 0.145. The molecule has 2 atom stereocenters. The zero-order valence-corrected chi connectivity index (χ0v) is 26.4. The summed E-state index contributed by atoms with van der Waals surface area (Å²) in [7, 11) is 0. The Bertz CT molecular complexity index is 1870. The SMILES string of the molecule is CCC(N[C@H]1CCc2ccccc21)C(=O)NC(=O)c1ccc(-c2ccccc2)cc1-c1ccc(Cl)cc1Oc1cccc(CN)c1. The maximum Gasteiger partial charge on any atom is 0.258 e. The van der Waals surface area contributed by atoms with E-state index in [1.165, 1.54) is 11.1 Å². The highest BCUT2D eigenvalue weighted by Crippen LogP contribution is 2.39. The van der Waals surface area contributed by atoms with Gasteiger partial charge in [-0.15, -0.1) is 0 Å². The van der Waals surface area contributed by atoms with Crippen LogP contribution in [0.5, 0.6) is 11.5 Å². The van der Waals surface area contributed by atoms with Crippen molar-refractivity contribution < 1.29 is 14.3 Å². The van der Waals surface area contributed by atoms with Gasteiger partial charge in [0, 0.05) is 34.8 Å². The van der Waals surface area contributed by atoms with E-state index in [0.29, 0.717) is 46.2 Å². The van der Waals surface area contributed by atoms with Crippen molar-refractivity contribution in [2.75, 3.05) is 0 Å². The van der Waals surface area contributed by atoms with Crippen LogP contribution in [0.15, 0.2) is 115 Å². The number of fused-ring (bicyclic) bond motifs is 1. The van der Waals surface area contributed by atoms with Gasteiger partial charge >= 0.3 is 0 Å². The lowest BCUT2D eigenvalue weighted by atomic mass is 9.93. The molecule has 0 saturated heterocycles. The van der Waals surface area contributed by atoms with Crippen LogP contribution < -0.4 is 21.1 Å². The van der Waals surface area contributed by atoms with Crippen molar-refractivity contribution in [3.63, 3.8) is 0 Å². The zero-order valence-electron chi connectivity index (χ0n) is 25.6. The minimum atomic E-state index is -0.531. The highest BCUT2D eigenvalue weighted by Gasteiger charge is 2.28. The van der Waals surface area contributed by atoms with Gasteiger partial charge in [0.25, 0.3) is 5.91 Å². The van der Waals surface area contributed by atoms with E-state index >= 15 is 0 Å². The van der Waals surface area contributed by atoms with Gasteiger partial charge in [-0.1, -0.05) is 91.3 Å². The fourth-order valence-electron chi connectivity index (χ4n) is 6.06. The number of rotatable bonds is 10. The topological polar surface area (TPSA) is 93.5 Å². The van der Waals surface area contributed by atoms with Crippen LogP contribution in [0.3, 0.4) is 0 Å². The number of carbonyl (C=O) groups excluding carboxylic acids is 2. The van der Waals surface area contributed by atoms with E-state index in [2.05, 4.69) is 22.8 Å². The number of benzene rings is 5. The zero-order chi connectivity index (χ0) is 32.0. The van der Waals surface area contributed by atoms with Crippen molar-refractivity contribution in [3.05, 3.63) is 143 Å². The largest absolute Gasteiger partial charge is 0.457 e. The Hall–Kier alpha value is -4.75. The minimum absolute atomic E-state index is 0.0641. The first-order chi connectivity index (χ1) is 22.4. The Labute approximate surface area is 274 Å². The Balaban J connectivity index is 1.34. The highest BCUT2D eigenvalue weighted by atomic mass is 35.5. The molecule has 6 rings (SSSR count). The fourth-order valence-corrected chi connectivity index (χ4v) is 6.22. The van der Waals surface area contributed by atoms with Crippen molar-refractivity contribution >= 4 is 23.4 Å². The van der Waals surface area contributed by atoms with Crippen LogP contribution in [-0.4, -0.2) is 17.9 Å². The number of hydrogen-bond donors (Lipinski definition) is 3. The molecule has 6 nitrogen and oxygen atoms in total. The van der Waals surface area contributed by atoms with E-state index in [-0.39, 0.29) is 11.9 Å². The summed E-state index contributed by atoms with van der Waals surface area (Å²) in [5.41, 5.74) is 12.8. The molecule has 7 heteroatoms. The normalized spacial score (nSPS) is 14.4. The summed E-state index contributed by atoms with van der Waals surface area (Å²) in [5, 5.41) is 6.67. The van der Waals surface area contributed by atoms with E-state index in [9.17, 15) is 9.59 Å². The van der Waals surface area contributed by atoms with E-state index < -0.39 is 11.9 Å². The average molecular weight is 630 g/mol. The molecule has 46 heavy (non-hydrogen) atoms. The number of imide groups is 1. The van der Waals surface area contributed by atoms with Crippen LogP contribution in [0.4, 0.5) is 0 Å². The Kier molecular flexibility index (Phi) is 9.60.